The van der Waals surface area contributed by atoms with E-state index in [0.717, 1.165) is 41.8 Å². The number of carbonyl (C=O) groups excluding carboxylic acids is 3. The van der Waals surface area contributed by atoms with E-state index in [-0.39, 0.29) is 36.8 Å². The van der Waals surface area contributed by atoms with Crippen LogP contribution in [-0.4, -0.2) is 39.0 Å². The fourth-order valence-corrected chi connectivity index (χ4v) is 3.89. The highest BCUT2D eigenvalue weighted by Crippen LogP contribution is 2.37. The van der Waals surface area contributed by atoms with E-state index >= 15 is 0 Å². The van der Waals surface area contributed by atoms with Gasteiger partial charge in [-0.1, -0.05) is 25.0 Å². The molecule has 1 saturated heterocycles. The van der Waals surface area contributed by atoms with E-state index < -0.39 is 5.97 Å². The summed E-state index contributed by atoms with van der Waals surface area (Å²) in [5, 5.41) is 4.15. The maximum absolute atomic E-state index is 12.4. The second kappa shape index (κ2) is 7.34. The van der Waals surface area contributed by atoms with Gasteiger partial charge < -0.3 is 4.74 Å². The lowest BCUT2D eigenvalue weighted by atomic mass is 9.81. The smallest absolute Gasteiger partial charge is 0.326 e. The molecule has 7 nitrogen and oxygen atoms in total. The van der Waals surface area contributed by atoms with Gasteiger partial charge in [0.2, 0.25) is 11.8 Å². The Morgan fingerprint density at radius 1 is 1.07 bits per heavy atom. The normalized spacial score (nSPS) is 22.0. The van der Waals surface area contributed by atoms with Crippen molar-refractivity contribution in [1.82, 2.24) is 14.7 Å². The zero-order valence-electron chi connectivity index (χ0n) is 14.9. The number of fused-ring (bicyclic) bond motifs is 1. The SMILES string of the molecule is O=C(CN1C(=O)[C@H]2CCCC[C@H]2C1=O)OCc1ccc(-n2cccn2)cc1. The monoisotopic (exact) mass is 367 g/mol. The molecule has 2 atom stereocenters. The summed E-state index contributed by atoms with van der Waals surface area (Å²) in [6.07, 6.45) is 6.95. The second-order valence-electron chi connectivity index (χ2n) is 7.04. The molecule has 7 heteroatoms. The standard InChI is InChI=1S/C20H21N3O4/c24-18(12-22-19(25)16-4-1-2-5-17(16)20(22)26)27-13-14-6-8-15(9-7-14)23-11-3-10-21-23/h3,6-11,16-17H,1-2,4-5,12-13H2/t16-,17+. The lowest BCUT2D eigenvalue weighted by Gasteiger charge is -2.19. The summed E-state index contributed by atoms with van der Waals surface area (Å²) in [6.45, 7) is -0.197. The molecule has 1 saturated carbocycles. The Morgan fingerprint density at radius 2 is 1.74 bits per heavy atom. The van der Waals surface area contributed by atoms with Crippen LogP contribution < -0.4 is 0 Å². The number of aromatic nitrogens is 2. The van der Waals surface area contributed by atoms with E-state index in [1.165, 1.54) is 0 Å². The Kier molecular flexibility index (Phi) is 4.75. The summed E-state index contributed by atoms with van der Waals surface area (Å²) in [6, 6.07) is 9.31. The first-order chi connectivity index (χ1) is 13.1. The first kappa shape index (κ1) is 17.5. The number of amides is 2. The molecule has 140 valence electrons. The molecular weight excluding hydrogens is 346 g/mol. The number of benzene rings is 1. The summed E-state index contributed by atoms with van der Waals surface area (Å²) in [5.74, 6) is -1.48. The van der Waals surface area contributed by atoms with Gasteiger partial charge in [0.1, 0.15) is 13.2 Å². The number of imide groups is 1. The number of hydrogen-bond acceptors (Lipinski definition) is 5. The van der Waals surface area contributed by atoms with E-state index in [1.54, 1.807) is 10.9 Å². The van der Waals surface area contributed by atoms with Crippen molar-refractivity contribution in [3.63, 3.8) is 0 Å². The van der Waals surface area contributed by atoms with Crippen molar-refractivity contribution in [1.29, 1.82) is 0 Å². The van der Waals surface area contributed by atoms with Crippen LogP contribution >= 0.6 is 0 Å². The number of likely N-dealkylation sites (tertiary alicyclic amines) is 1. The Balaban J connectivity index is 1.32. The zero-order valence-corrected chi connectivity index (χ0v) is 14.9. The minimum Gasteiger partial charge on any atom is -0.459 e. The maximum Gasteiger partial charge on any atom is 0.326 e. The average Bonchev–Trinajstić information content (AvgIpc) is 3.31. The van der Waals surface area contributed by atoms with Gasteiger partial charge in [0.05, 0.1) is 17.5 Å². The third kappa shape index (κ3) is 3.49. The summed E-state index contributed by atoms with van der Waals surface area (Å²) >= 11 is 0. The Hall–Kier alpha value is -2.96. The number of hydrogen-bond donors (Lipinski definition) is 0. The molecule has 2 fully saturated rings. The predicted molar refractivity (Wildman–Crippen MR) is 95.5 cm³/mol. The summed E-state index contributed by atoms with van der Waals surface area (Å²) < 4.78 is 7.00. The van der Waals surface area contributed by atoms with Gasteiger partial charge in [-0.15, -0.1) is 0 Å². The second-order valence-corrected chi connectivity index (χ2v) is 7.04. The number of nitrogens with zero attached hydrogens (tertiary/aromatic N) is 3. The molecule has 1 aromatic carbocycles. The lowest BCUT2D eigenvalue weighted by Crippen LogP contribution is -2.36. The van der Waals surface area contributed by atoms with Gasteiger partial charge in [-0.3, -0.25) is 19.3 Å². The first-order valence-electron chi connectivity index (χ1n) is 9.23. The maximum atomic E-state index is 12.4. The van der Waals surface area contributed by atoms with Crippen molar-refractivity contribution in [2.45, 2.75) is 32.3 Å². The molecule has 1 aliphatic heterocycles. The third-order valence-corrected chi connectivity index (χ3v) is 5.32. The average molecular weight is 367 g/mol. The van der Waals surface area contributed by atoms with Crippen LogP contribution in [0.3, 0.4) is 0 Å². The highest BCUT2D eigenvalue weighted by atomic mass is 16.5. The number of rotatable bonds is 5. The number of carbonyl (C=O) groups is 3. The molecule has 0 bridgehead atoms. The number of esters is 1. The van der Waals surface area contributed by atoms with Crippen molar-refractivity contribution in [3.8, 4) is 5.69 Å². The summed E-state index contributed by atoms with van der Waals surface area (Å²) in [7, 11) is 0. The van der Waals surface area contributed by atoms with Gasteiger partial charge in [-0.2, -0.15) is 5.10 Å². The molecule has 2 heterocycles. The van der Waals surface area contributed by atoms with E-state index in [9.17, 15) is 14.4 Å². The first-order valence-corrected chi connectivity index (χ1v) is 9.23. The highest BCUT2D eigenvalue weighted by Gasteiger charge is 2.48. The van der Waals surface area contributed by atoms with Crippen LogP contribution in [-0.2, 0) is 25.7 Å². The molecule has 27 heavy (non-hydrogen) atoms. The van der Waals surface area contributed by atoms with Crippen LogP contribution in [0, 0.1) is 11.8 Å². The molecule has 1 aromatic heterocycles. The fraction of sp³-hybridized carbons (Fsp3) is 0.400. The van der Waals surface area contributed by atoms with Crippen molar-refractivity contribution < 1.29 is 19.1 Å². The lowest BCUT2D eigenvalue weighted by molar-refractivity contribution is -0.153. The predicted octanol–water partition coefficient (Wildman–Crippen LogP) is 2.09. The molecule has 2 amide bonds. The Morgan fingerprint density at radius 3 is 2.33 bits per heavy atom. The zero-order chi connectivity index (χ0) is 18.8. The van der Waals surface area contributed by atoms with Gasteiger partial charge in [0.15, 0.2) is 0 Å². The molecule has 0 radical (unpaired) electrons. The summed E-state index contributed by atoms with van der Waals surface area (Å²) in [4.78, 5) is 38.0. The van der Waals surface area contributed by atoms with E-state index in [2.05, 4.69) is 5.10 Å². The van der Waals surface area contributed by atoms with Crippen molar-refractivity contribution in [2.75, 3.05) is 6.54 Å². The van der Waals surface area contributed by atoms with Crippen molar-refractivity contribution in [2.24, 2.45) is 11.8 Å². The third-order valence-electron chi connectivity index (χ3n) is 5.32. The molecule has 0 N–H and O–H groups in total. The summed E-state index contributed by atoms with van der Waals surface area (Å²) in [5.41, 5.74) is 1.73. The van der Waals surface area contributed by atoms with Crippen LogP contribution in [0.5, 0.6) is 0 Å². The van der Waals surface area contributed by atoms with Gasteiger partial charge in [0.25, 0.3) is 0 Å². The fourth-order valence-electron chi connectivity index (χ4n) is 3.89. The molecular formula is C20H21N3O4. The largest absolute Gasteiger partial charge is 0.459 e. The van der Waals surface area contributed by atoms with E-state index in [0.29, 0.717) is 0 Å². The minimum atomic E-state index is -0.563. The van der Waals surface area contributed by atoms with Gasteiger partial charge in [-0.05, 0) is 36.6 Å². The van der Waals surface area contributed by atoms with Crippen LogP contribution in [0.4, 0.5) is 0 Å². The van der Waals surface area contributed by atoms with E-state index in [1.807, 2.05) is 36.5 Å². The topological polar surface area (TPSA) is 81.5 Å². The molecule has 2 aliphatic rings. The molecule has 2 aromatic rings. The van der Waals surface area contributed by atoms with Gasteiger partial charge in [-0.25, -0.2) is 4.68 Å². The number of ether oxygens (including phenoxy) is 1. The van der Waals surface area contributed by atoms with Crippen LogP contribution in [0.2, 0.25) is 0 Å². The molecule has 1 aliphatic carbocycles. The van der Waals surface area contributed by atoms with Gasteiger partial charge in [0, 0.05) is 12.4 Å². The Bertz CT molecular complexity index is 821. The molecule has 4 rings (SSSR count). The quantitative estimate of drug-likeness (QED) is 0.597. The van der Waals surface area contributed by atoms with Crippen molar-refractivity contribution >= 4 is 17.8 Å². The van der Waals surface area contributed by atoms with Crippen LogP contribution in [0.25, 0.3) is 5.69 Å². The molecule has 0 spiro atoms. The highest BCUT2D eigenvalue weighted by molar-refractivity contribution is 6.07. The Labute approximate surface area is 156 Å². The van der Waals surface area contributed by atoms with Crippen molar-refractivity contribution in [3.05, 3.63) is 48.3 Å². The van der Waals surface area contributed by atoms with E-state index in [4.69, 9.17) is 4.74 Å². The van der Waals surface area contributed by atoms with Gasteiger partial charge >= 0.3 is 5.97 Å². The van der Waals surface area contributed by atoms with Crippen LogP contribution in [0.1, 0.15) is 31.2 Å². The molecule has 0 unspecified atom stereocenters. The van der Waals surface area contributed by atoms with Crippen LogP contribution in [0.15, 0.2) is 42.7 Å². The minimum absolute atomic E-state index is 0.0985.